The normalized spacial score (nSPS) is 13.2. The first kappa shape index (κ1) is 14.8. The SMILES string of the molecule is NCCCC[C@@H](C=O)NS(=O)(=O)c1ccccc1. The lowest BCUT2D eigenvalue weighted by Crippen LogP contribution is -2.36. The minimum atomic E-state index is -3.62. The molecule has 18 heavy (non-hydrogen) atoms. The average molecular weight is 270 g/mol. The Balaban J connectivity index is 2.66. The number of aldehydes is 1. The maximum absolute atomic E-state index is 11.9. The number of hydrogen-bond donors (Lipinski definition) is 2. The van der Waals surface area contributed by atoms with Crippen LogP contribution in [0.4, 0.5) is 0 Å². The van der Waals surface area contributed by atoms with E-state index >= 15 is 0 Å². The van der Waals surface area contributed by atoms with Crippen LogP contribution in [0.3, 0.4) is 0 Å². The highest BCUT2D eigenvalue weighted by Gasteiger charge is 2.18. The van der Waals surface area contributed by atoms with Gasteiger partial charge in [-0.3, -0.25) is 0 Å². The Morgan fingerprint density at radius 3 is 2.44 bits per heavy atom. The van der Waals surface area contributed by atoms with E-state index in [4.69, 9.17) is 5.73 Å². The molecule has 0 saturated heterocycles. The molecule has 1 aromatic carbocycles. The van der Waals surface area contributed by atoms with Gasteiger partial charge in [-0.1, -0.05) is 24.6 Å². The van der Waals surface area contributed by atoms with E-state index in [2.05, 4.69) is 4.72 Å². The van der Waals surface area contributed by atoms with Crippen LogP contribution in [0.5, 0.6) is 0 Å². The van der Waals surface area contributed by atoms with E-state index in [9.17, 15) is 13.2 Å². The van der Waals surface area contributed by atoms with E-state index < -0.39 is 16.1 Å². The lowest BCUT2D eigenvalue weighted by Gasteiger charge is -2.12. The summed E-state index contributed by atoms with van der Waals surface area (Å²) in [6.45, 7) is 0.539. The van der Waals surface area contributed by atoms with E-state index in [1.165, 1.54) is 12.1 Å². The lowest BCUT2D eigenvalue weighted by molar-refractivity contribution is -0.109. The number of rotatable bonds is 8. The molecule has 0 spiro atoms. The van der Waals surface area contributed by atoms with Gasteiger partial charge in [0.25, 0.3) is 0 Å². The van der Waals surface area contributed by atoms with Crippen molar-refractivity contribution in [1.29, 1.82) is 0 Å². The molecule has 1 atom stereocenters. The molecule has 3 N–H and O–H groups in total. The zero-order valence-corrected chi connectivity index (χ0v) is 10.9. The van der Waals surface area contributed by atoms with Gasteiger partial charge < -0.3 is 10.5 Å². The van der Waals surface area contributed by atoms with Crippen LogP contribution in [0.15, 0.2) is 35.2 Å². The van der Waals surface area contributed by atoms with Gasteiger partial charge in [0.2, 0.25) is 10.0 Å². The minimum absolute atomic E-state index is 0.163. The molecule has 0 aliphatic carbocycles. The molecule has 0 aliphatic heterocycles. The van der Waals surface area contributed by atoms with Crippen molar-refractivity contribution < 1.29 is 13.2 Å². The maximum atomic E-state index is 11.9. The largest absolute Gasteiger partial charge is 0.330 e. The summed E-state index contributed by atoms with van der Waals surface area (Å²) in [6, 6.07) is 7.30. The molecular weight excluding hydrogens is 252 g/mol. The zero-order valence-electron chi connectivity index (χ0n) is 10.1. The van der Waals surface area contributed by atoms with Crippen molar-refractivity contribution in [2.24, 2.45) is 5.73 Å². The summed E-state index contributed by atoms with van der Waals surface area (Å²) < 4.78 is 26.3. The number of benzene rings is 1. The Kier molecular flexibility index (Phi) is 5.97. The third kappa shape index (κ3) is 4.56. The Labute approximate surface area is 107 Å². The second-order valence-electron chi connectivity index (χ2n) is 3.96. The summed E-state index contributed by atoms with van der Waals surface area (Å²) in [5.74, 6) is 0. The Hall–Kier alpha value is -1.24. The Morgan fingerprint density at radius 1 is 1.22 bits per heavy atom. The van der Waals surface area contributed by atoms with Crippen molar-refractivity contribution in [3.05, 3.63) is 30.3 Å². The van der Waals surface area contributed by atoms with Gasteiger partial charge >= 0.3 is 0 Å². The first-order valence-electron chi connectivity index (χ1n) is 5.83. The summed E-state index contributed by atoms with van der Waals surface area (Å²) in [4.78, 5) is 11.0. The third-order valence-corrected chi connectivity index (χ3v) is 4.00. The summed E-state index contributed by atoms with van der Waals surface area (Å²) in [5.41, 5.74) is 5.35. The zero-order chi connectivity index (χ0) is 13.4. The molecule has 0 fully saturated rings. The second kappa shape index (κ2) is 7.25. The lowest BCUT2D eigenvalue weighted by atomic mass is 10.1. The summed E-state index contributed by atoms with van der Waals surface area (Å²) in [7, 11) is -3.62. The molecule has 0 unspecified atom stereocenters. The molecule has 6 heteroatoms. The molecule has 0 amide bonds. The number of nitrogens with one attached hydrogen (secondary N) is 1. The first-order valence-corrected chi connectivity index (χ1v) is 7.31. The van der Waals surface area contributed by atoms with Crippen molar-refractivity contribution in [2.45, 2.75) is 30.2 Å². The van der Waals surface area contributed by atoms with Gasteiger partial charge in [-0.25, -0.2) is 13.1 Å². The number of carbonyl (C=O) groups excluding carboxylic acids is 1. The van der Waals surface area contributed by atoms with Crippen LogP contribution in [0, 0.1) is 0 Å². The predicted octanol–water partition coefficient (Wildman–Crippen LogP) is 0.661. The Bertz CT molecular complexity index is 459. The summed E-state index contributed by atoms with van der Waals surface area (Å²) >= 11 is 0. The van der Waals surface area contributed by atoms with Gasteiger partial charge in [0.1, 0.15) is 6.29 Å². The number of unbranched alkanes of at least 4 members (excludes halogenated alkanes) is 1. The quantitative estimate of drug-likeness (QED) is 0.536. The fourth-order valence-electron chi connectivity index (χ4n) is 1.53. The van der Waals surface area contributed by atoms with E-state index in [1.54, 1.807) is 18.2 Å². The van der Waals surface area contributed by atoms with E-state index in [1.807, 2.05) is 0 Å². The molecule has 0 radical (unpaired) electrons. The van der Waals surface area contributed by atoms with E-state index in [0.29, 0.717) is 19.3 Å². The number of hydrogen-bond acceptors (Lipinski definition) is 4. The van der Waals surface area contributed by atoms with Crippen LogP contribution in [-0.2, 0) is 14.8 Å². The Morgan fingerprint density at radius 2 is 1.89 bits per heavy atom. The molecule has 0 heterocycles. The van der Waals surface area contributed by atoms with Crippen molar-refractivity contribution >= 4 is 16.3 Å². The van der Waals surface area contributed by atoms with Crippen molar-refractivity contribution in [1.82, 2.24) is 4.72 Å². The molecule has 0 bridgehead atoms. The maximum Gasteiger partial charge on any atom is 0.241 e. The van der Waals surface area contributed by atoms with Crippen molar-refractivity contribution in [3.8, 4) is 0 Å². The fourth-order valence-corrected chi connectivity index (χ4v) is 2.75. The smallest absolute Gasteiger partial charge is 0.241 e. The monoisotopic (exact) mass is 270 g/mol. The van der Waals surface area contributed by atoms with Crippen molar-refractivity contribution in [2.75, 3.05) is 6.54 Å². The third-order valence-electron chi connectivity index (χ3n) is 2.49. The molecular formula is C12H18N2O3S. The van der Waals surface area contributed by atoms with Crippen LogP contribution in [0.1, 0.15) is 19.3 Å². The molecule has 0 aromatic heterocycles. The number of nitrogens with two attached hydrogens (primary N) is 1. The molecule has 100 valence electrons. The fraction of sp³-hybridized carbons (Fsp3) is 0.417. The highest BCUT2D eigenvalue weighted by atomic mass is 32.2. The molecule has 0 saturated carbocycles. The predicted molar refractivity (Wildman–Crippen MR) is 69.5 cm³/mol. The van der Waals surface area contributed by atoms with Gasteiger partial charge in [-0.15, -0.1) is 0 Å². The highest BCUT2D eigenvalue weighted by molar-refractivity contribution is 7.89. The van der Waals surface area contributed by atoms with Gasteiger partial charge in [-0.2, -0.15) is 0 Å². The van der Waals surface area contributed by atoms with Gasteiger partial charge in [-0.05, 0) is 31.5 Å². The standard InChI is InChI=1S/C12H18N2O3S/c13-9-5-4-6-11(10-15)14-18(16,17)12-7-2-1-3-8-12/h1-3,7-8,10-11,14H,4-6,9,13H2/t11-/m0/s1. The van der Waals surface area contributed by atoms with Crippen LogP contribution < -0.4 is 10.5 Å². The van der Waals surface area contributed by atoms with Crippen LogP contribution in [0.2, 0.25) is 0 Å². The second-order valence-corrected chi connectivity index (χ2v) is 5.68. The molecule has 1 aromatic rings. The van der Waals surface area contributed by atoms with E-state index in [-0.39, 0.29) is 4.90 Å². The van der Waals surface area contributed by atoms with Crippen molar-refractivity contribution in [3.63, 3.8) is 0 Å². The number of sulfonamides is 1. The van der Waals surface area contributed by atoms with Crippen LogP contribution in [-0.4, -0.2) is 27.3 Å². The summed E-state index contributed by atoms with van der Waals surface area (Å²) in [6.07, 6.45) is 2.58. The minimum Gasteiger partial charge on any atom is -0.330 e. The average Bonchev–Trinajstić information content (AvgIpc) is 2.38. The first-order chi connectivity index (χ1) is 8.60. The van der Waals surface area contributed by atoms with E-state index in [0.717, 1.165) is 12.8 Å². The van der Waals surface area contributed by atoms with Crippen LogP contribution in [0.25, 0.3) is 0 Å². The highest BCUT2D eigenvalue weighted by Crippen LogP contribution is 2.09. The molecule has 1 rings (SSSR count). The summed E-state index contributed by atoms with van der Waals surface area (Å²) in [5, 5.41) is 0. The van der Waals surface area contributed by atoms with Gasteiger partial charge in [0, 0.05) is 0 Å². The van der Waals surface area contributed by atoms with Gasteiger partial charge in [0.05, 0.1) is 10.9 Å². The number of carbonyl (C=O) groups is 1. The van der Waals surface area contributed by atoms with Crippen LogP contribution >= 0.6 is 0 Å². The molecule has 0 aliphatic rings. The molecule has 5 nitrogen and oxygen atoms in total. The topological polar surface area (TPSA) is 89.3 Å². The van der Waals surface area contributed by atoms with Gasteiger partial charge in [0.15, 0.2) is 0 Å².